The SMILES string of the molecule is COc1ccc(CC(=O)N2CCN(S(=O)(=O)c3ccc(Br)s3)CC2)cc1. The summed E-state index contributed by atoms with van der Waals surface area (Å²) < 4.78 is 32.9. The number of halogens is 1. The Morgan fingerprint density at radius 2 is 1.77 bits per heavy atom. The summed E-state index contributed by atoms with van der Waals surface area (Å²) in [6, 6.07) is 10.7. The van der Waals surface area contributed by atoms with E-state index in [2.05, 4.69) is 15.9 Å². The predicted octanol–water partition coefficient (Wildman–Crippen LogP) is 2.59. The summed E-state index contributed by atoms with van der Waals surface area (Å²) in [4.78, 5) is 14.2. The monoisotopic (exact) mass is 458 g/mol. The van der Waals surface area contributed by atoms with Gasteiger partial charge in [0, 0.05) is 26.2 Å². The molecule has 6 nitrogen and oxygen atoms in total. The van der Waals surface area contributed by atoms with Crippen LogP contribution in [0.25, 0.3) is 0 Å². The van der Waals surface area contributed by atoms with E-state index in [4.69, 9.17) is 4.74 Å². The number of benzene rings is 1. The number of nitrogens with zero attached hydrogens (tertiary/aromatic N) is 2. The van der Waals surface area contributed by atoms with Gasteiger partial charge >= 0.3 is 0 Å². The molecule has 0 aliphatic carbocycles. The maximum absolute atomic E-state index is 12.6. The van der Waals surface area contributed by atoms with Crippen LogP contribution in [0.4, 0.5) is 0 Å². The van der Waals surface area contributed by atoms with Crippen molar-refractivity contribution in [3.05, 3.63) is 45.7 Å². The number of thiophene rings is 1. The van der Waals surface area contributed by atoms with Gasteiger partial charge in [0.15, 0.2) is 0 Å². The van der Waals surface area contributed by atoms with Gasteiger partial charge in [0.1, 0.15) is 9.96 Å². The second-order valence-corrected chi connectivity index (χ2v) is 10.5. The number of hydrogen-bond acceptors (Lipinski definition) is 5. The number of rotatable bonds is 5. The van der Waals surface area contributed by atoms with Crippen molar-refractivity contribution in [3.8, 4) is 5.75 Å². The highest BCUT2D eigenvalue weighted by Gasteiger charge is 2.31. The molecule has 1 aromatic heterocycles. The average Bonchev–Trinajstić information content (AvgIpc) is 3.10. The summed E-state index contributed by atoms with van der Waals surface area (Å²) in [5, 5.41) is 0. The second-order valence-electron chi connectivity index (χ2n) is 5.87. The Labute approximate surface area is 165 Å². The molecule has 0 bridgehead atoms. The molecule has 0 saturated carbocycles. The lowest BCUT2D eigenvalue weighted by Crippen LogP contribution is -2.50. The van der Waals surface area contributed by atoms with E-state index >= 15 is 0 Å². The van der Waals surface area contributed by atoms with Crippen LogP contribution in [0.2, 0.25) is 0 Å². The highest BCUT2D eigenvalue weighted by Crippen LogP contribution is 2.29. The van der Waals surface area contributed by atoms with Gasteiger partial charge in [0.05, 0.1) is 17.3 Å². The van der Waals surface area contributed by atoms with Gasteiger partial charge in [0.25, 0.3) is 10.0 Å². The van der Waals surface area contributed by atoms with E-state index in [1.807, 2.05) is 24.3 Å². The molecule has 0 atom stereocenters. The molecule has 1 aromatic carbocycles. The lowest BCUT2D eigenvalue weighted by molar-refractivity contribution is -0.131. The number of hydrogen-bond donors (Lipinski definition) is 0. The van der Waals surface area contributed by atoms with Crippen LogP contribution in [0.15, 0.2) is 44.4 Å². The van der Waals surface area contributed by atoms with Crippen LogP contribution >= 0.6 is 27.3 Å². The Kier molecular flexibility index (Phi) is 6.01. The first-order chi connectivity index (χ1) is 12.4. The maximum atomic E-state index is 12.6. The normalized spacial score (nSPS) is 15.8. The molecule has 140 valence electrons. The van der Waals surface area contributed by atoms with Crippen molar-refractivity contribution in [2.24, 2.45) is 0 Å². The van der Waals surface area contributed by atoms with Gasteiger partial charge in [-0.2, -0.15) is 4.31 Å². The van der Waals surface area contributed by atoms with Gasteiger partial charge in [0.2, 0.25) is 5.91 Å². The van der Waals surface area contributed by atoms with Gasteiger partial charge in [-0.25, -0.2) is 8.42 Å². The van der Waals surface area contributed by atoms with Crippen molar-refractivity contribution < 1.29 is 17.9 Å². The highest BCUT2D eigenvalue weighted by atomic mass is 79.9. The zero-order valence-electron chi connectivity index (χ0n) is 14.2. The van der Waals surface area contributed by atoms with Crippen molar-refractivity contribution in [1.82, 2.24) is 9.21 Å². The smallest absolute Gasteiger partial charge is 0.252 e. The van der Waals surface area contributed by atoms with Crippen molar-refractivity contribution in [3.63, 3.8) is 0 Å². The number of amides is 1. The molecule has 0 radical (unpaired) electrons. The standard InChI is InChI=1S/C17H19BrN2O4S2/c1-24-14-4-2-13(3-5-14)12-16(21)19-8-10-20(11-9-19)26(22,23)17-7-6-15(18)25-17/h2-7H,8-12H2,1H3. The number of carbonyl (C=O) groups is 1. The van der Waals surface area contributed by atoms with Gasteiger partial charge in [-0.3, -0.25) is 4.79 Å². The molecule has 1 fully saturated rings. The summed E-state index contributed by atoms with van der Waals surface area (Å²) in [6.45, 7) is 1.43. The second kappa shape index (κ2) is 8.08. The average molecular weight is 459 g/mol. The highest BCUT2D eigenvalue weighted by molar-refractivity contribution is 9.11. The van der Waals surface area contributed by atoms with E-state index in [9.17, 15) is 13.2 Å². The topological polar surface area (TPSA) is 66.9 Å². The third-order valence-electron chi connectivity index (χ3n) is 4.25. The van der Waals surface area contributed by atoms with Crippen molar-refractivity contribution >= 4 is 43.2 Å². The van der Waals surface area contributed by atoms with Crippen LogP contribution in [-0.4, -0.2) is 56.8 Å². The third-order valence-corrected chi connectivity index (χ3v) is 8.24. The molecule has 1 aliphatic rings. The van der Waals surface area contributed by atoms with E-state index in [0.717, 1.165) is 15.1 Å². The summed E-state index contributed by atoms with van der Waals surface area (Å²) in [7, 11) is -1.89. The number of piperazine rings is 1. The Balaban J connectivity index is 1.58. The molecule has 1 saturated heterocycles. The predicted molar refractivity (Wildman–Crippen MR) is 104 cm³/mol. The van der Waals surface area contributed by atoms with Crippen LogP contribution in [0.1, 0.15) is 5.56 Å². The van der Waals surface area contributed by atoms with Crippen molar-refractivity contribution in [2.75, 3.05) is 33.3 Å². The Hall–Kier alpha value is -1.42. The van der Waals surface area contributed by atoms with E-state index < -0.39 is 10.0 Å². The molecule has 26 heavy (non-hydrogen) atoms. The van der Waals surface area contributed by atoms with E-state index in [1.165, 1.54) is 15.6 Å². The molecule has 1 amide bonds. The van der Waals surface area contributed by atoms with Crippen LogP contribution in [0, 0.1) is 0 Å². The minimum atomic E-state index is -3.49. The summed E-state index contributed by atoms with van der Waals surface area (Å²) >= 11 is 4.49. The van der Waals surface area contributed by atoms with E-state index in [-0.39, 0.29) is 5.91 Å². The van der Waals surface area contributed by atoms with Crippen LogP contribution < -0.4 is 4.74 Å². The largest absolute Gasteiger partial charge is 0.497 e. The third kappa shape index (κ3) is 4.28. The first-order valence-electron chi connectivity index (χ1n) is 8.06. The Bertz CT molecular complexity index is 872. The molecule has 0 N–H and O–H groups in total. The summed E-state index contributed by atoms with van der Waals surface area (Å²) in [6.07, 6.45) is 0.300. The maximum Gasteiger partial charge on any atom is 0.252 e. The molecular formula is C17H19BrN2O4S2. The molecule has 1 aliphatic heterocycles. The molecule has 0 spiro atoms. The van der Waals surface area contributed by atoms with E-state index in [1.54, 1.807) is 24.1 Å². The number of carbonyl (C=O) groups excluding carboxylic acids is 1. The molecule has 2 aromatic rings. The quantitative estimate of drug-likeness (QED) is 0.690. The Morgan fingerprint density at radius 3 is 2.31 bits per heavy atom. The van der Waals surface area contributed by atoms with Gasteiger partial charge < -0.3 is 9.64 Å². The zero-order valence-corrected chi connectivity index (χ0v) is 17.4. The van der Waals surface area contributed by atoms with Gasteiger partial charge in [-0.1, -0.05) is 12.1 Å². The molecule has 3 rings (SSSR count). The Morgan fingerprint density at radius 1 is 1.12 bits per heavy atom. The fourth-order valence-corrected chi connectivity index (χ4v) is 6.36. The van der Waals surface area contributed by atoms with E-state index in [0.29, 0.717) is 36.8 Å². The molecule has 9 heteroatoms. The first-order valence-corrected chi connectivity index (χ1v) is 11.1. The first kappa shape index (κ1) is 19.3. The minimum Gasteiger partial charge on any atom is -0.497 e. The van der Waals surface area contributed by atoms with Crippen molar-refractivity contribution in [2.45, 2.75) is 10.6 Å². The number of sulfonamides is 1. The number of methoxy groups -OCH3 is 1. The molecule has 2 heterocycles. The van der Waals surface area contributed by atoms with Gasteiger partial charge in [-0.05, 0) is 45.8 Å². The fourth-order valence-electron chi connectivity index (χ4n) is 2.77. The van der Waals surface area contributed by atoms with Crippen LogP contribution in [-0.2, 0) is 21.2 Å². The number of ether oxygens (including phenoxy) is 1. The minimum absolute atomic E-state index is 0.00563. The van der Waals surface area contributed by atoms with Gasteiger partial charge in [-0.15, -0.1) is 11.3 Å². The van der Waals surface area contributed by atoms with Crippen LogP contribution in [0.5, 0.6) is 5.75 Å². The summed E-state index contributed by atoms with van der Waals surface area (Å²) in [5.41, 5.74) is 0.911. The molecule has 0 unspecified atom stereocenters. The van der Waals surface area contributed by atoms with Crippen LogP contribution in [0.3, 0.4) is 0 Å². The lowest BCUT2D eigenvalue weighted by atomic mass is 10.1. The zero-order chi connectivity index (χ0) is 18.7. The molecular weight excluding hydrogens is 440 g/mol. The fraction of sp³-hybridized carbons (Fsp3) is 0.353. The van der Waals surface area contributed by atoms with Crippen molar-refractivity contribution in [1.29, 1.82) is 0 Å². The lowest BCUT2D eigenvalue weighted by Gasteiger charge is -2.33. The summed E-state index contributed by atoms with van der Waals surface area (Å²) in [5.74, 6) is 0.756.